The van der Waals surface area contributed by atoms with Crippen LogP contribution in [0.25, 0.3) is 0 Å². The van der Waals surface area contributed by atoms with Crippen molar-refractivity contribution in [1.82, 2.24) is 4.90 Å². The number of hydrogen-bond donors (Lipinski definition) is 0. The molecule has 2 fully saturated rings. The van der Waals surface area contributed by atoms with E-state index in [0.717, 1.165) is 38.8 Å². The zero-order chi connectivity index (χ0) is 10.0. The number of carbonyl (C=O) groups excluding carboxylic acids is 1. The molecule has 3 nitrogen and oxygen atoms in total. The molecule has 14 heavy (non-hydrogen) atoms. The molecule has 0 aromatic rings. The first-order valence-electron chi connectivity index (χ1n) is 5.68. The Bertz CT molecular complexity index is 217. The SMILES string of the molecule is CC1(OC(=O)N2CCCCC2)CCC1. The zero-order valence-electron chi connectivity index (χ0n) is 8.92. The summed E-state index contributed by atoms with van der Waals surface area (Å²) in [7, 11) is 0. The first-order chi connectivity index (χ1) is 6.70. The van der Waals surface area contributed by atoms with E-state index < -0.39 is 0 Å². The summed E-state index contributed by atoms with van der Waals surface area (Å²) in [5.74, 6) is 0. The maximum atomic E-state index is 11.7. The number of hydrogen-bond acceptors (Lipinski definition) is 2. The number of nitrogens with zero attached hydrogens (tertiary/aromatic N) is 1. The number of ether oxygens (including phenoxy) is 1. The van der Waals surface area contributed by atoms with Gasteiger partial charge in [-0.05, 0) is 45.4 Å². The summed E-state index contributed by atoms with van der Waals surface area (Å²) < 4.78 is 5.50. The Morgan fingerprint density at radius 3 is 2.29 bits per heavy atom. The molecule has 0 atom stereocenters. The van der Waals surface area contributed by atoms with Crippen LogP contribution < -0.4 is 0 Å². The lowest BCUT2D eigenvalue weighted by Gasteiger charge is -2.39. The summed E-state index contributed by atoms with van der Waals surface area (Å²) in [6, 6.07) is 0. The third-order valence-corrected chi connectivity index (χ3v) is 3.36. The predicted molar refractivity (Wildman–Crippen MR) is 54.2 cm³/mol. The fourth-order valence-corrected chi connectivity index (χ4v) is 2.13. The average molecular weight is 197 g/mol. The van der Waals surface area contributed by atoms with Crippen molar-refractivity contribution in [3.63, 3.8) is 0 Å². The number of likely N-dealkylation sites (tertiary alicyclic amines) is 1. The molecular formula is C11H19NO2. The summed E-state index contributed by atoms with van der Waals surface area (Å²) in [4.78, 5) is 13.6. The molecule has 1 aliphatic heterocycles. The minimum atomic E-state index is -0.144. The highest BCUT2D eigenvalue weighted by atomic mass is 16.6. The molecule has 1 saturated heterocycles. The van der Waals surface area contributed by atoms with Gasteiger partial charge in [0, 0.05) is 13.1 Å². The fourth-order valence-electron chi connectivity index (χ4n) is 2.13. The quantitative estimate of drug-likeness (QED) is 0.646. The van der Waals surface area contributed by atoms with Crippen molar-refractivity contribution in [3.8, 4) is 0 Å². The van der Waals surface area contributed by atoms with Crippen molar-refractivity contribution in [1.29, 1.82) is 0 Å². The molecule has 1 saturated carbocycles. The van der Waals surface area contributed by atoms with E-state index in [0.29, 0.717) is 0 Å². The maximum Gasteiger partial charge on any atom is 0.410 e. The lowest BCUT2D eigenvalue weighted by Crippen LogP contribution is -2.45. The van der Waals surface area contributed by atoms with E-state index in [1.165, 1.54) is 12.8 Å². The number of rotatable bonds is 1. The van der Waals surface area contributed by atoms with Crippen LogP contribution in [0.3, 0.4) is 0 Å². The molecule has 0 aromatic heterocycles. The summed E-state index contributed by atoms with van der Waals surface area (Å²) in [5, 5.41) is 0. The molecule has 0 aromatic carbocycles. The molecule has 80 valence electrons. The van der Waals surface area contributed by atoms with Gasteiger partial charge in [0.15, 0.2) is 0 Å². The number of piperidine rings is 1. The van der Waals surface area contributed by atoms with Gasteiger partial charge in [0.05, 0.1) is 0 Å². The minimum absolute atomic E-state index is 0.0908. The van der Waals surface area contributed by atoms with E-state index in [4.69, 9.17) is 4.74 Å². The Morgan fingerprint density at radius 1 is 1.14 bits per heavy atom. The normalized spacial score (nSPS) is 25.4. The molecule has 0 N–H and O–H groups in total. The van der Waals surface area contributed by atoms with Crippen LogP contribution in [0.15, 0.2) is 0 Å². The van der Waals surface area contributed by atoms with Crippen LogP contribution in [0.1, 0.15) is 45.4 Å². The Hall–Kier alpha value is -0.730. The monoisotopic (exact) mass is 197 g/mol. The topological polar surface area (TPSA) is 29.5 Å². The van der Waals surface area contributed by atoms with Crippen LogP contribution in [-0.4, -0.2) is 29.7 Å². The highest BCUT2D eigenvalue weighted by Gasteiger charge is 2.37. The Labute approximate surface area is 85.4 Å². The third kappa shape index (κ3) is 2.02. The van der Waals surface area contributed by atoms with Crippen molar-refractivity contribution in [3.05, 3.63) is 0 Å². The van der Waals surface area contributed by atoms with Gasteiger partial charge in [0.2, 0.25) is 0 Å². The number of carbonyl (C=O) groups is 1. The molecule has 2 aliphatic rings. The smallest absolute Gasteiger partial charge is 0.410 e. The highest BCUT2D eigenvalue weighted by molar-refractivity contribution is 5.68. The Morgan fingerprint density at radius 2 is 1.79 bits per heavy atom. The predicted octanol–water partition coefficient (Wildman–Crippen LogP) is 2.55. The van der Waals surface area contributed by atoms with Gasteiger partial charge in [0.1, 0.15) is 5.60 Å². The van der Waals surface area contributed by atoms with E-state index in [1.807, 2.05) is 11.8 Å². The van der Waals surface area contributed by atoms with Gasteiger partial charge in [-0.25, -0.2) is 4.79 Å². The van der Waals surface area contributed by atoms with E-state index in [2.05, 4.69) is 0 Å². The molecule has 1 amide bonds. The second kappa shape index (κ2) is 3.79. The summed E-state index contributed by atoms with van der Waals surface area (Å²) in [6.45, 7) is 3.81. The molecule has 1 aliphatic carbocycles. The molecule has 0 spiro atoms. The summed E-state index contributed by atoms with van der Waals surface area (Å²) in [5.41, 5.74) is -0.144. The summed E-state index contributed by atoms with van der Waals surface area (Å²) in [6.07, 6.45) is 6.69. The molecule has 1 heterocycles. The van der Waals surface area contributed by atoms with Gasteiger partial charge in [-0.1, -0.05) is 0 Å². The molecule has 3 heteroatoms. The van der Waals surface area contributed by atoms with Gasteiger partial charge in [-0.2, -0.15) is 0 Å². The molecule has 0 bridgehead atoms. The van der Waals surface area contributed by atoms with Crippen molar-refractivity contribution < 1.29 is 9.53 Å². The molecule has 0 unspecified atom stereocenters. The van der Waals surface area contributed by atoms with Crippen molar-refractivity contribution in [2.45, 2.75) is 51.0 Å². The molecule has 2 rings (SSSR count). The van der Waals surface area contributed by atoms with Crippen LogP contribution in [0.5, 0.6) is 0 Å². The number of amides is 1. The summed E-state index contributed by atoms with van der Waals surface area (Å²) >= 11 is 0. The second-order valence-corrected chi connectivity index (χ2v) is 4.72. The largest absolute Gasteiger partial charge is 0.443 e. The van der Waals surface area contributed by atoms with Gasteiger partial charge in [-0.15, -0.1) is 0 Å². The van der Waals surface area contributed by atoms with E-state index >= 15 is 0 Å². The van der Waals surface area contributed by atoms with Crippen molar-refractivity contribution in [2.24, 2.45) is 0 Å². The van der Waals surface area contributed by atoms with E-state index in [1.54, 1.807) is 0 Å². The Balaban J connectivity index is 1.81. The van der Waals surface area contributed by atoms with Gasteiger partial charge >= 0.3 is 6.09 Å². The molecular weight excluding hydrogens is 178 g/mol. The standard InChI is InChI=1S/C11H19NO2/c1-11(6-5-7-11)14-10(13)12-8-3-2-4-9-12/h2-9H2,1H3. The van der Waals surface area contributed by atoms with Gasteiger partial charge in [0.25, 0.3) is 0 Å². The minimum Gasteiger partial charge on any atom is -0.443 e. The average Bonchev–Trinajstić information content (AvgIpc) is 2.17. The van der Waals surface area contributed by atoms with Gasteiger partial charge < -0.3 is 9.64 Å². The van der Waals surface area contributed by atoms with Gasteiger partial charge in [-0.3, -0.25) is 0 Å². The van der Waals surface area contributed by atoms with Crippen LogP contribution in [0.2, 0.25) is 0 Å². The van der Waals surface area contributed by atoms with E-state index in [9.17, 15) is 4.79 Å². The van der Waals surface area contributed by atoms with Crippen molar-refractivity contribution in [2.75, 3.05) is 13.1 Å². The zero-order valence-corrected chi connectivity index (χ0v) is 8.92. The molecule has 0 radical (unpaired) electrons. The Kier molecular flexibility index (Phi) is 2.66. The first-order valence-corrected chi connectivity index (χ1v) is 5.68. The van der Waals surface area contributed by atoms with E-state index in [-0.39, 0.29) is 11.7 Å². The lowest BCUT2D eigenvalue weighted by molar-refractivity contribution is -0.0492. The fraction of sp³-hybridized carbons (Fsp3) is 0.909. The van der Waals surface area contributed by atoms with Crippen molar-refractivity contribution >= 4 is 6.09 Å². The van der Waals surface area contributed by atoms with Crippen LogP contribution in [0, 0.1) is 0 Å². The maximum absolute atomic E-state index is 11.7. The van der Waals surface area contributed by atoms with Crippen LogP contribution in [-0.2, 0) is 4.74 Å². The highest BCUT2D eigenvalue weighted by Crippen LogP contribution is 2.35. The van der Waals surface area contributed by atoms with Crippen LogP contribution in [0.4, 0.5) is 4.79 Å². The first kappa shape index (κ1) is 9.81. The van der Waals surface area contributed by atoms with Crippen LogP contribution >= 0.6 is 0 Å². The second-order valence-electron chi connectivity index (χ2n) is 4.72. The lowest BCUT2D eigenvalue weighted by atomic mass is 9.82. The third-order valence-electron chi connectivity index (χ3n) is 3.36.